The van der Waals surface area contributed by atoms with Gasteiger partial charge in [-0.3, -0.25) is 4.68 Å². The molecule has 1 N–H and O–H groups in total. The van der Waals surface area contributed by atoms with Crippen LogP contribution in [0.5, 0.6) is 0 Å². The number of nitrogens with one attached hydrogen (secondary N) is 1. The number of morpholine rings is 1. The second-order valence-corrected chi connectivity index (χ2v) is 15.5. The minimum absolute atomic E-state index is 0.155. The van der Waals surface area contributed by atoms with E-state index < -0.39 is 15.4 Å². The van der Waals surface area contributed by atoms with Crippen molar-refractivity contribution in [2.45, 2.75) is 64.1 Å². The van der Waals surface area contributed by atoms with E-state index in [-0.39, 0.29) is 11.1 Å². The third-order valence-corrected chi connectivity index (χ3v) is 9.53. The van der Waals surface area contributed by atoms with Crippen molar-refractivity contribution in [1.82, 2.24) is 29.4 Å². The van der Waals surface area contributed by atoms with E-state index in [4.69, 9.17) is 24.0 Å². The molecule has 0 saturated carbocycles. The summed E-state index contributed by atoms with van der Waals surface area (Å²) in [7, 11) is -0.839. The summed E-state index contributed by atoms with van der Waals surface area (Å²) < 4.78 is 22.0. The summed E-state index contributed by atoms with van der Waals surface area (Å²) in [6, 6.07) is 8.55. The first-order chi connectivity index (χ1) is 20.2. The predicted octanol–water partition coefficient (Wildman–Crippen LogP) is 4.47. The summed E-state index contributed by atoms with van der Waals surface area (Å²) in [5, 5.41) is 13.1. The smallest absolute Gasteiger partial charge is 0.199 e. The first kappa shape index (κ1) is 28.8. The molecule has 11 nitrogen and oxygen atoms in total. The fourth-order valence-corrected chi connectivity index (χ4v) is 6.54. The molecular formula is C30H42N8O3Si. The molecule has 224 valence electrons. The van der Waals surface area contributed by atoms with Crippen LogP contribution in [0.4, 0.5) is 17.2 Å². The Morgan fingerprint density at radius 2 is 1.74 bits per heavy atom. The molecule has 0 aliphatic carbocycles. The monoisotopic (exact) mass is 590 g/mol. The molecule has 0 spiro atoms. The molecule has 1 unspecified atom stereocenters. The molecule has 2 aliphatic heterocycles. The fourth-order valence-electron chi connectivity index (χ4n) is 5.61. The van der Waals surface area contributed by atoms with E-state index in [1.165, 1.54) is 5.69 Å². The van der Waals surface area contributed by atoms with Crippen molar-refractivity contribution < 1.29 is 13.9 Å². The first-order valence-electron chi connectivity index (χ1n) is 14.9. The molecule has 1 aromatic carbocycles. The molecule has 4 aromatic rings. The molecule has 0 amide bonds. The summed E-state index contributed by atoms with van der Waals surface area (Å²) in [6.45, 7) is 15.8. The number of rotatable bonds is 8. The van der Waals surface area contributed by atoms with Crippen LogP contribution >= 0.6 is 0 Å². The number of hydrogen-bond acceptors (Lipinski definition) is 9. The SMILES string of the molecule is CC(C)(C)[SiH2]OC(C)(C)c1c(-c2cnc(Nc3ccc(N4CCOCC4)cc3)c3ncnn23)cnn1C1CCCOC1. The van der Waals surface area contributed by atoms with E-state index >= 15 is 0 Å². The highest BCUT2D eigenvalue weighted by Gasteiger charge is 2.35. The number of anilines is 3. The highest BCUT2D eigenvalue weighted by Crippen LogP contribution is 2.39. The number of fused-ring (bicyclic) bond motifs is 1. The molecule has 0 radical (unpaired) electrons. The molecule has 2 fully saturated rings. The maximum Gasteiger partial charge on any atom is 0.199 e. The number of ether oxygens (including phenoxy) is 2. The zero-order valence-electron chi connectivity index (χ0n) is 25.3. The summed E-state index contributed by atoms with van der Waals surface area (Å²) in [6.07, 6.45) is 7.38. The minimum Gasteiger partial charge on any atom is -0.413 e. The van der Waals surface area contributed by atoms with Gasteiger partial charge in [0.05, 0.1) is 55.2 Å². The van der Waals surface area contributed by atoms with E-state index in [1.807, 2.05) is 16.9 Å². The minimum atomic E-state index is -0.839. The van der Waals surface area contributed by atoms with Crippen LogP contribution in [0.2, 0.25) is 5.04 Å². The topological polar surface area (TPSA) is 104 Å². The van der Waals surface area contributed by atoms with Crippen molar-refractivity contribution in [3.63, 3.8) is 0 Å². The Kier molecular flexibility index (Phi) is 8.05. The number of hydrogen-bond donors (Lipinski definition) is 1. The largest absolute Gasteiger partial charge is 0.413 e. The highest BCUT2D eigenvalue weighted by atomic mass is 28.2. The normalized spacial score (nSPS) is 18.8. The number of nitrogens with zero attached hydrogens (tertiary/aromatic N) is 7. The second kappa shape index (κ2) is 11.7. The van der Waals surface area contributed by atoms with Crippen LogP contribution in [-0.2, 0) is 19.5 Å². The Morgan fingerprint density at radius 3 is 2.45 bits per heavy atom. The van der Waals surface area contributed by atoms with Crippen molar-refractivity contribution in [1.29, 1.82) is 0 Å². The van der Waals surface area contributed by atoms with Gasteiger partial charge in [-0.1, -0.05) is 20.8 Å². The summed E-state index contributed by atoms with van der Waals surface area (Å²) in [4.78, 5) is 11.8. The molecule has 2 saturated heterocycles. The number of benzene rings is 1. The summed E-state index contributed by atoms with van der Waals surface area (Å²) >= 11 is 0. The fraction of sp³-hybridized carbons (Fsp3) is 0.533. The maximum atomic E-state index is 6.73. The summed E-state index contributed by atoms with van der Waals surface area (Å²) in [5.41, 5.74) is 4.99. The van der Waals surface area contributed by atoms with Crippen molar-refractivity contribution in [3.05, 3.63) is 48.7 Å². The standard InChI is InChI=1S/C30H42N8O3Si/c1-29(2,3)42-41-30(4,5)26-24(17-33-37(26)23-7-6-14-40-19-23)25-18-31-27(28-32-20-34-38(25)28)35-21-8-10-22(11-9-21)36-12-15-39-16-13-36/h8-11,17-18,20,23H,6-7,12-16,19,42H2,1-5H3,(H,31,35). The van der Waals surface area contributed by atoms with Crippen molar-refractivity contribution in [2.75, 3.05) is 49.7 Å². The van der Waals surface area contributed by atoms with Gasteiger partial charge in [0.1, 0.15) is 6.33 Å². The molecule has 3 aromatic heterocycles. The molecule has 12 heteroatoms. The van der Waals surface area contributed by atoms with Crippen molar-refractivity contribution in [3.8, 4) is 11.3 Å². The quantitative estimate of drug-likeness (QED) is 0.298. The molecule has 1 atom stereocenters. The third-order valence-electron chi connectivity index (χ3n) is 7.80. The van der Waals surface area contributed by atoms with Crippen LogP contribution in [-0.4, -0.2) is 78.6 Å². The van der Waals surface area contributed by atoms with E-state index in [9.17, 15) is 0 Å². The first-order valence-corrected chi connectivity index (χ1v) is 16.2. The van der Waals surface area contributed by atoms with Gasteiger partial charge in [0.25, 0.3) is 0 Å². The summed E-state index contributed by atoms with van der Waals surface area (Å²) in [5.74, 6) is 0.639. The van der Waals surface area contributed by atoms with Crippen molar-refractivity contribution in [2.24, 2.45) is 0 Å². The van der Waals surface area contributed by atoms with Gasteiger partial charge in [0, 0.05) is 36.6 Å². The lowest BCUT2D eigenvalue weighted by Gasteiger charge is -2.34. The molecule has 42 heavy (non-hydrogen) atoms. The number of aromatic nitrogens is 6. The molecule has 6 rings (SSSR count). The van der Waals surface area contributed by atoms with Crippen molar-refractivity contribution >= 4 is 32.6 Å². The van der Waals surface area contributed by atoms with Gasteiger partial charge in [0.2, 0.25) is 0 Å². The van der Waals surface area contributed by atoms with Crippen LogP contribution in [0.25, 0.3) is 16.9 Å². The van der Waals surface area contributed by atoms with Gasteiger partial charge in [-0.15, -0.1) is 0 Å². The Morgan fingerprint density at radius 1 is 0.952 bits per heavy atom. The third kappa shape index (κ3) is 6.07. The Labute approximate surface area is 249 Å². The molecule has 5 heterocycles. The second-order valence-electron chi connectivity index (χ2n) is 12.8. The maximum absolute atomic E-state index is 6.73. The zero-order valence-corrected chi connectivity index (χ0v) is 26.8. The van der Waals surface area contributed by atoms with Gasteiger partial charge in [-0.2, -0.15) is 10.2 Å². The molecular weight excluding hydrogens is 548 g/mol. The molecule has 0 bridgehead atoms. The van der Waals surface area contributed by atoms with E-state index in [1.54, 1.807) is 6.33 Å². The van der Waals surface area contributed by atoms with Gasteiger partial charge in [-0.25, -0.2) is 14.5 Å². The molecule has 2 aliphatic rings. The van der Waals surface area contributed by atoms with E-state index in [0.29, 0.717) is 18.1 Å². The van der Waals surface area contributed by atoms with E-state index in [2.05, 4.69) is 83.9 Å². The van der Waals surface area contributed by atoms with Crippen LogP contribution in [0.3, 0.4) is 0 Å². The zero-order chi connectivity index (χ0) is 29.3. The van der Waals surface area contributed by atoms with E-state index in [0.717, 1.165) is 68.4 Å². The lowest BCUT2D eigenvalue weighted by molar-refractivity contribution is 0.0432. The van der Waals surface area contributed by atoms with Crippen LogP contribution in [0, 0.1) is 0 Å². The Bertz CT molecular complexity index is 1500. The predicted molar refractivity (Wildman–Crippen MR) is 166 cm³/mol. The Hall–Kier alpha value is -3.32. The average Bonchev–Trinajstić information content (AvgIpc) is 3.67. The van der Waals surface area contributed by atoms with Gasteiger partial charge >= 0.3 is 0 Å². The lowest BCUT2D eigenvalue weighted by atomic mass is 9.98. The lowest BCUT2D eigenvalue weighted by Crippen LogP contribution is -2.36. The highest BCUT2D eigenvalue weighted by molar-refractivity contribution is 6.31. The van der Waals surface area contributed by atoms with Gasteiger partial charge < -0.3 is 24.1 Å². The van der Waals surface area contributed by atoms with Gasteiger partial charge in [-0.05, 0) is 56.0 Å². The van der Waals surface area contributed by atoms with Crippen LogP contribution in [0.15, 0.2) is 43.0 Å². The van der Waals surface area contributed by atoms with Crippen LogP contribution in [0.1, 0.15) is 59.2 Å². The average molecular weight is 591 g/mol. The Balaban J connectivity index is 1.34. The van der Waals surface area contributed by atoms with Gasteiger partial charge in [0.15, 0.2) is 21.2 Å². The van der Waals surface area contributed by atoms with Crippen LogP contribution < -0.4 is 10.2 Å².